The smallest absolute Gasteiger partial charge is 0.338 e. The van der Waals surface area contributed by atoms with Crippen molar-refractivity contribution >= 4 is 40.9 Å². The molecular formula is C33H32N4O4S. The first kappa shape index (κ1) is 29.0. The number of carbonyl (C=O) groups is 3. The minimum Gasteiger partial charge on any atom is -0.462 e. The molecule has 2 saturated heterocycles. The van der Waals surface area contributed by atoms with Crippen LogP contribution in [0.5, 0.6) is 0 Å². The molecule has 42 heavy (non-hydrogen) atoms. The molecule has 2 amide bonds. The predicted molar refractivity (Wildman–Crippen MR) is 164 cm³/mol. The van der Waals surface area contributed by atoms with Gasteiger partial charge in [-0.25, -0.2) is 4.79 Å². The molecule has 9 heteroatoms. The summed E-state index contributed by atoms with van der Waals surface area (Å²) < 4.78 is 5.06. The zero-order chi connectivity index (χ0) is 29.6. The van der Waals surface area contributed by atoms with Crippen molar-refractivity contribution in [3.8, 4) is 6.07 Å². The largest absolute Gasteiger partial charge is 0.462 e. The van der Waals surface area contributed by atoms with Gasteiger partial charge < -0.3 is 14.5 Å². The Kier molecular flexibility index (Phi) is 8.94. The van der Waals surface area contributed by atoms with E-state index in [2.05, 4.69) is 30.0 Å². The number of hydrogen-bond donors (Lipinski definition) is 0. The summed E-state index contributed by atoms with van der Waals surface area (Å²) >= 11 is 1.24. The van der Waals surface area contributed by atoms with Crippen molar-refractivity contribution in [2.45, 2.75) is 25.5 Å². The van der Waals surface area contributed by atoms with E-state index in [1.807, 2.05) is 30.3 Å². The number of amides is 2. The Bertz CT molecular complexity index is 1540. The molecule has 0 aromatic heterocycles. The first-order valence-electron chi connectivity index (χ1n) is 14.0. The van der Waals surface area contributed by atoms with Crippen LogP contribution in [-0.2, 0) is 20.7 Å². The average Bonchev–Trinajstić information content (AvgIpc) is 3.33. The average molecular weight is 581 g/mol. The molecule has 8 nitrogen and oxygen atoms in total. The monoisotopic (exact) mass is 580 g/mol. The standard InChI is InChI=1S/C33H32N4O4S/c1-3-41-33(40)25-15-13-24(14-16-25)21-29-31(39)37(26-10-5-4-6-11-26)32(42-29)27(22-34)30(38)36-19-17-35(18-20-36)28-12-8-7-9-23(28)2/h4-16,29H,3,17-21H2,1-2H3/b32-27-/t29-/m1/s1. The van der Waals surface area contributed by atoms with E-state index in [4.69, 9.17) is 4.74 Å². The number of benzene rings is 3. The Morgan fingerprint density at radius 2 is 1.62 bits per heavy atom. The fraction of sp³-hybridized carbons (Fsp3) is 0.273. The number of piperazine rings is 1. The summed E-state index contributed by atoms with van der Waals surface area (Å²) in [6.45, 7) is 6.39. The molecule has 0 unspecified atom stereocenters. The van der Waals surface area contributed by atoms with Crippen molar-refractivity contribution in [3.63, 3.8) is 0 Å². The lowest BCUT2D eigenvalue weighted by Gasteiger charge is -2.37. The van der Waals surface area contributed by atoms with Crippen LogP contribution in [0.25, 0.3) is 0 Å². The van der Waals surface area contributed by atoms with Gasteiger partial charge in [0, 0.05) is 37.6 Å². The van der Waals surface area contributed by atoms with Gasteiger partial charge in [-0.2, -0.15) is 5.26 Å². The van der Waals surface area contributed by atoms with Crippen molar-refractivity contribution in [2.24, 2.45) is 0 Å². The van der Waals surface area contributed by atoms with Gasteiger partial charge in [-0.15, -0.1) is 0 Å². The number of anilines is 2. The highest BCUT2D eigenvalue weighted by Gasteiger charge is 2.41. The van der Waals surface area contributed by atoms with E-state index in [0.29, 0.717) is 55.5 Å². The van der Waals surface area contributed by atoms with Crippen LogP contribution in [0.3, 0.4) is 0 Å². The van der Waals surface area contributed by atoms with Crippen LogP contribution >= 0.6 is 11.8 Å². The van der Waals surface area contributed by atoms with E-state index >= 15 is 0 Å². The number of esters is 1. The summed E-state index contributed by atoms with van der Waals surface area (Å²) in [4.78, 5) is 45.1. The van der Waals surface area contributed by atoms with E-state index in [-0.39, 0.29) is 17.4 Å². The van der Waals surface area contributed by atoms with Crippen LogP contribution in [0.1, 0.15) is 28.4 Å². The van der Waals surface area contributed by atoms with Gasteiger partial charge in [0.05, 0.1) is 17.4 Å². The Balaban J connectivity index is 1.38. The van der Waals surface area contributed by atoms with E-state index in [9.17, 15) is 19.6 Å². The van der Waals surface area contributed by atoms with E-state index in [1.165, 1.54) is 22.2 Å². The number of nitriles is 1. The summed E-state index contributed by atoms with van der Waals surface area (Å²) in [5.74, 6) is -0.953. The zero-order valence-corrected chi connectivity index (χ0v) is 24.5. The Morgan fingerprint density at radius 1 is 0.952 bits per heavy atom. The maximum Gasteiger partial charge on any atom is 0.338 e. The van der Waals surface area contributed by atoms with Crippen LogP contribution in [0.15, 0.2) is 89.5 Å². The molecule has 0 radical (unpaired) electrons. The van der Waals surface area contributed by atoms with Crippen LogP contribution in [-0.4, -0.2) is 60.7 Å². The third-order valence-electron chi connectivity index (χ3n) is 7.42. The first-order chi connectivity index (χ1) is 20.4. The van der Waals surface area contributed by atoms with Crippen molar-refractivity contribution in [2.75, 3.05) is 42.6 Å². The molecule has 2 fully saturated rings. The van der Waals surface area contributed by atoms with Gasteiger partial charge in [-0.1, -0.05) is 60.3 Å². The highest BCUT2D eigenvalue weighted by atomic mass is 32.2. The lowest BCUT2D eigenvalue weighted by atomic mass is 10.1. The second-order valence-corrected chi connectivity index (χ2v) is 11.3. The van der Waals surface area contributed by atoms with Crippen LogP contribution in [0, 0.1) is 18.3 Å². The molecule has 214 valence electrons. The summed E-state index contributed by atoms with van der Waals surface area (Å²) in [5, 5.41) is 10.1. The molecule has 3 aromatic carbocycles. The van der Waals surface area contributed by atoms with Gasteiger partial charge in [0.15, 0.2) is 0 Å². The molecule has 0 N–H and O–H groups in total. The van der Waals surface area contributed by atoms with Crippen molar-refractivity contribution in [1.82, 2.24) is 4.90 Å². The van der Waals surface area contributed by atoms with Gasteiger partial charge in [-0.3, -0.25) is 14.5 Å². The van der Waals surface area contributed by atoms with E-state index in [0.717, 1.165) is 11.3 Å². The number of hydrogen-bond acceptors (Lipinski definition) is 7. The Morgan fingerprint density at radius 3 is 2.26 bits per heavy atom. The second-order valence-electron chi connectivity index (χ2n) is 10.1. The lowest BCUT2D eigenvalue weighted by Crippen LogP contribution is -2.49. The van der Waals surface area contributed by atoms with E-state index in [1.54, 1.807) is 48.2 Å². The van der Waals surface area contributed by atoms with Crippen LogP contribution < -0.4 is 9.80 Å². The fourth-order valence-electron chi connectivity index (χ4n) is 5.22. The summed E-state index contributed by atoms with van der Waals surface area (Å²) in [7, 11) is 0. The molecular weight excluding hydrogens is 548 g/mol. The number of rotatable bonds is 7. The molecule has 0 spiro atoms. The zero-order valence-electron chi connectivity index (χ0n) is 23.7. The normalized spacial score (nSPS) is 18.1. The van der Waals surface area contributed by atoms with Crippen LogP contribution in [0.2, 0.25) is 0 Å². The SMILES string of the molecule is CCOC(=O)c1ccc(C[C@H]2S/C(=C(/C#N)C(=O)N3CCN(c4ccccc4C)CC3)N(c3ccccc3)C2=O)cc1. The molecule has 0 aliphatic carbocycles. The molecule has 2 heterocycles. The minimum atomic E-state index is -0.539. The quantitative estimate of drug-likeness (QED) is 0.222. The van der Waals surface area contributed by atoms with Crippen molar-refractivity contribution in [3.05, 3.63) is 106 Å². The number of ether oxygens (including phenoxy) is 1. The molecule has 2 aliphatic heterocycles. The highest BCUT2D eigenvalue weighted by molar-refractivity contribution is 8.05. The summed E-state index contributed by atoms with van der Waals surface area (Å²) in [6.07, 6.45) is 0.376. The number of nitrogens with zero attached hydrogens (tertiary/aromatic N) is 4. The maximum absolute atomic E-state index is 13.8. The van der Waals surface area contributed by atoms with Crippen LogP contribution in [0.4, 0.5) is 11.4 Å². The minimum absolute atomic E-state index is 0.0262. The number of para-hydroxylation sites is 2. The highest BCUT2D eigenvalue weighted by Crippen LogP contribution is 2.42. The topological polar surface area (TPSA) is 93.9 Å². The van der Waals surface area contributed by atoms with Gasteiger partial charge in [-0.05, 0) is 61.7 Å². The van der Waals surface area contributed by atoms with Gasteiger partial charge in [0.2, 0.25) is 5.91 Å². The molecule has 5 rings (SSSR count). The van der Waals surface area contributed by atoms with Gasteiger partial charge in [0.1, 0.15) is 16.7 Å². The number of aryl methyl sites for hydroxylation is 1. The van der Waals surface area contributed by atoms with E-state index < -0.39 is 11.2 Å². The lowest BCUT2D eigenvalue weighted by molar-refractivity contribution is -0.127. The molecule has 3 aromatic rings. The second kappa shape index (κ2) is 13.0. The molecule has 0 saturated carbocycles. The van der Waals surface area contributed by atoms with Gasteiger partial charge in [0.25, 0.3) is 5.91 Å². The number of carbonyl (C=O) groups excluding carboxylic acids is 3. The Hall–Kier alpha value is -4.55. The van der Waals surface area contributed by atoms with Crippen molar-refractivity contribution < 1.29 is 19.1 Å². The number of thioether (sulfide) groups is 1. The summed E-state index contributed by atoms with van der Waals surface area (Å²) in [6, 6.07) is 26.4. The molecule has 1 atom stereocenters. The Labute approximate surface area is 250 Å². The maximum atomic E-state index is 13.8. The van der Waals surface area contributed by atoms with Gasteiger partial charge >= 0.3 is 5.97 Å². The molecule has 0 bridgehead atoms. The first-order valence-corrected chi connectivity index (χ1v) is 14.8. The van der Waals surface area contributed by atoms with Crippen molar-refractivity contribution in [1.29, 1.82) is 5.26 Å². The predicted octanol–water partition coefficient (Wildman–Crippen LogP) is 4.95. The molecule has 2 aliphatic rings. The third kappa shape index (κ3) is 6.04. The third-order valence-corrected chi connectivity index (χ3v) is 8.68. The summed E-state index contributed by atoms with van der Waals surface area (Å²) in [5.41, 5.74) is 4.21. The fourth-order valence-corrected chi connectivity index (χ4v) is 6.53.